The van der Waals surface area contributed by atoms with Gasteiger partial charge in [0.15, 0.2) is 0 Å². The van der Waals surface area contributed by atoms with Crippen molar-refractivity contribution in [2.75, 3.05) is 16.8 Å². The molecule has 2 aromatic rings. The van der Waals surface area contributed by atoms with Crippen LogP contribution in [0.4, 0.5) is 11.4 Å². The number of hydrogen-bond acceptors (Lipinski definition) is 2. The first kappa shape index (κ1) is 18.5. The standard InChI is InChI=1S/C21H23ClN2O2/c1-13(2)17-6-4-5-7-18(17)23-21(26)15-11-20(25)24(12-15)19-9-8-16(22)10-14(19)3/h4-10,13,15H,11-12H2,1-3H3,(H,23,26). The van der Waals surface area contributed by atoms with E-state index in [9.17, 15) is 9.59 Å². The van der Waals surface area contributed by atoms with E-state index in [-0.39, 0.29) is 24.2 Å². The van der Waals surface area contributed by atoms with Crippen molar-refractivity contribution in [3.05, 3.63) is 58.6 Å². The first-order valence-electron chi connectivity index (χ1n) is 8.83. The molecule has 0 spiro atoms. The highest BCUT2D eigenvalue weighted by Crippen LogP contribution is 2.31. The van der Waals surface area contributed by atoms with Gasteiger partial charge in [0.05, 0.1) is 5.92 Å². The van der Waals surface area contributed by atoms with Crippen LogP contribution < -0.4 is 10.2 Å². The lowest BCUT2D eigenvalue weighted by Crippen LogP contribution is -2.28. The number of benzene rings is 2. The van der Waals surface area contributed by atoms with E-state index in [1.165, 1.54) is 0 Å². The van der Waals surface area contributed by atoms with Crippen LogP contribution in [0.25, 0.3) is 0 Å². The highest BCUT2D eigenvalue weighted by atomic mass is 35.5. The smallest absolute Gasteiger partial charge is 0.229 e. The van der Waals surface area contributed by atoms with Gasteiger partial charge in [-0.3, -0.25) is 9.59 Å². The number of carbonyl (C=O) groups excluding carboxylic acids is 2. The number of amides is 2. The highest BCUT2D eigenvalue weighted by Gasteiger charge is 2.35. The van der Waals surface area contributed by atoms with Crippen molar-refractivity contribution in [1.82, 2.24) is 0 Å². The van der Waals surface area contributed by atoms with Crippen molar-refractivity contribution in [1.29, 1.82) is 0 Å². The van der Waals surface area contributed by atoms with Gasteiger partial charge in [0.2, 0.25) is 11.8 Å². The van der Waals surface area contributed by atoms with Gasteiger partial charge in [-0.25, -0.2) is 0 Å². The van der Waals surface area contributed by atoms with Crippen LogP contribution in [0.1, 0.15) is 37.3 Å². The number of carbonyl (C=O) groups is 2. The topological polar surface area (TPSA) is 49.4 Å². The average Bonchev–Trinajstić information content (AvgIpc) is 2.97. The summed E-state index contributed by atoms with van der Waals surface area (Å²) in [5, 5.41) is 3.65. The number of anilines is 2. The number of nitrogens with one attached hydrogen (secondary N) is 1. The van der Waals surface area contributed by atoms with Gasteiger partial charge in [-0.15, -0.1) is 0 Å². The lowest BCUT2D eigenvalue weighted by atomic mass is 10.0. The summed E-state index contributed by atoms with van der Waals surface area (Å²) in [7, 11) is 0. The van der Waals surface area contributed by atoms with Crippen LogP contribution in [0.15, 0.2) is 42.5 Å². The van der Waals surface area contributed by atoms with E-state index in [2.05, 4.69) is 19.2 Å². The largest absolute Gasteiger partial charge is 0.326 e. The maximum absolute atomic E-state index is 12.7. The first-order valence-corrected chi connectivity index (χ1v) is 9.21. The van der Waals surface area contributed by atoms with Crippen LogP contribution >= 0.6 is 11.6 Å². The molecule has 26 heavy (non-hydrogen) atoms. The maximum Gasteiger partial charge on any atom is 0.229 e. The normalized spacial score (nSPS) is 17.0. The van der Waals surface area contributed by atoms with Crippen molar-refractivity contribution in [3.63, 3.8) is 0 Å². The monoisotopic (exact) mass is 370 g/mol. The van der Waals surface area contributed by atoms with E-state index >= 15 is 0 Å². The Bertz CT molecular complexity index is 848. The number of hydrogen-bond donors (Lipinski definition) is 1. The Morgan fingerprint density at radius 2 is 1.96 bits per heavy atom. The first-order chi connectivity index (χ1) is 12.4. The quantitative estimate of drug-likeness (QED) is 0.843. The predicted molar refractivity (Wildman–Crippen MR) is 106 cm³/mol. The third kappa shape index (κ3) is 3.75. The van der Waals surface area contributed by atoms with Gasteiger partial charge in [-0.2, -0.15) is 0 Å². The van der Waals surface area contributed by atoms with Crippen molar-refractivity contribution in [2.24, 2.45) is 5.92 Å². The number of aryl methyl sites for hydroxylation is 1. The third-order valence-electron chi connectivity index (χ3n) is 4.79. The minimum Gasteiger partial charge on any atom is -0.326 e. The maximum atomic E-state index is 12.7. The van der Waals surface area contributed by atoms with Gasteiger partial charge >= 0.3 is 0 Å². The van der Waals surface area contributed by atoms with E-state index in [4.69, 9.17) is 11.6 Å². The van der Waals surface area contributed by atoms with Gasteiger partial charge in [0, 0.05) is 29.4 Å². The van der Waals surface area contributed by atoms with Crippen molar-refractivity contribution >= 4 is 34.8 Å². The van der Waals surface area contributed by atoms with Crippen LogP contribution in [0.3, 0.4) is 0 Å². The Morgan fingerprint density at radius 1 is 1.23 bits per heavy atom. The van der Waals surface area contributed by atoms with Gasteiger partial charge in [-0.1, -0.05) is 43.6 Å². The molecule has 5 heteroatoms. The summed E-state index contributed by atoms with van der Waals surface area (Å²) in [5.41, 5.74) is 3.66. The molecular weight excluding hydrogens is 348 g/mol. The van der Waals surface area contributed by atoms with Gasteiger partial charge in [0.1, 0.15) is 0 Å². The molecule has 136 valence electrons. The lowest BCUT2D eigenvalue weighted by molar-refractivity contribution is -0.122. The number of halogens is 1. The van der Waals surface area contributed by atoms with Crippen molar-refractivity contribution < 1.29 is 9.59 Å². The van der Waals surface area contributed by atoms with Crippen LogP contribution in [0.5, 0.6) is 0 Å². The minimum atomic E-state index is -0.363. The zero-order chi connectivity index (χ0) is 18.8. The summed E-state index contributed by atoms with van der Waals surface area (Å²) in [6.07, 6.45) is 0.220. The number of para-hydroxylation sites is 1. The third-order valence-corrected chi connectivity index (χ3v) is 5.02. The van der Waals surface area contributed by atoms with Crippen LogP contribution in [0, 0.1) is 12.8 Å². The van der Waals surface area contributed by atoms with Gasteiger partial charge in [-0.05, 0) is 48.2 Å². The molecule has 1 fully saturated rings. The molecule has 1 heterocycles. The van der Waals surface area contributed by atoms with E-state index in [1.54, 1.807) is 11.0 Å². The summed E-state index contributed by atoms with van der Waals surface area (Å²) in [4.78, 5) is 26.9. The zero-order valence-electron chi connectivity index (χ0n) is 15.3. The zero-order valence-corrected chi connectivity index (χ0v) is 16.0. The van der Waals surface area contributed by atoms with Crippen LogP contribution in [-0.2, 0) is 9.59 Å². The van der Waals surface area contributed by atoms with Gasteiger partial charge in [0.25, 0.3) is 0 Å². The summed E-state index contributed by atoms with van der Waals surface area (Å²) >= 11 is 6.00. The molecule has 2 aromatic carbocycles. The molecule has 1 saturated heterocycles. The molecule has 1 aliphatic rings. The molecule has 0 saturated carbocycles. The van der Waals surface area contributed by atoms with Crippen LogP contribution in [-0.4, -0.2) is 18.4 Å². The van der Waals surface area contributed by atoms with Crippen LogP contribution in [0.2, 0.25) is 5.02 Å². The molecule has 4 nitrogen and oxygen atoms in total. The van der Waals surface area contributed by atoms with Crippen molar-refractivity contribution in [3.8, 4) is 0 Å². The molecule has 1 unspecified atom stereocenters. The average molecular weight is 371 g/mol. The molecule has 0 bridgehead atoms. The van der Waals surface area contributed by atoms with E-state index < -0.39 is 0 Å². The second-order valence-corrected chi connectivity index (χ2v) is 7.50. The predicted octanol–water partition coefficient (Wildman–Crippen LogP) is 4.76. The second kappa shape index (κ2) is 7.50. The fourth-order valence-corrected chi connectivity index (χ4v) is 3.61. The van der Waals surface area contributed by atoms with E-state index in [1.807, 2.05) is 43.3 Å². The second-order valence-electron chi connectivity index (χ2n) is 7.07. The minimum absolute atomic E-state index is 0.0345. The summed E-state index contributed by atoms with van der Waals surface area (Å²) in [6, 6.07) is 13.2. The molecule has 0 radical (unpaired) electrons. The summed E-state index contributed by atoms with van der Waals surface area (Å²) in [6.45, 7) is 6.49. The molecule has 2 amide bonds. The fourth-order valence-electron chi connectivity index (χ4n) is 3.39. The summed E-state index contributed by atoms with van der Waals surface area (Å²) in [5.74, 6) is -0.198. The molecule has 3 rings (SSSR count). The Morgan fingerprint density at radius 3 is 2.65 bits per heavy atom. The highest BCUT2D eigenvalue weighted by molar-refractivity contribution is 6.30. The van der Waals surface area contributed by atoms with E-state index in [0.29, 0.717) is 17.5 Å². The Kier molecular flexibility index (Phi) is 5.33. The molecular formula is C21H23ClN2O2. The van der Waals surface area contributed by atoms with E-state index in [0.717, 1.165) is 22.5 Å². The fraction of sp³-hybridized carbons (Fsp3) is 0.333. The molecule has 1 N–H and O–H groups in total. The SMILES string of the molecule is Cc1cc(Cl)ccc1N1CC(C(=O)Nc2ccccc2C(C)C)CC1=O. The molecule has 0 aromatic heterocycles. The van der Waals surface area contributed by atoms with Gasteiger partial charge < -0.3 is 10.2 Å². The molecule has 1 atom stereocenters. The molecule has 1 aliphatic heterocycles. The summed E-state index contributed by atoms with van der Waals surface area (Å²) < 4.78 is 0. The Hall–Kier alpha value is -2.33. The Labute approximate surface area is 159 Å². The Balaban J connectivity index is 1.75. The molecule has 0 aliphatic carbocycles. The number of nitrogens with zero attached hydrogens (tertiary/aromatic N) is 1. The number of rotatable bonds is 4. The van der Waals surface area contributed by atoms with Crippen molar-refractivity contribution in [2.45, 2.75) is 33.1 Å². The lowest BCUT2D eigenvalue weighted by Gasteiger charge is -2.19.